The summed E-state index contributed by atoms with van der Waals surface area (Å²) < 4.78 is 5.16. The van der Waals surface area contributed by atoms with E-state index in [0.717, 1.165) is 10.5 Å². The maximum atomic E-state index is 12.6. The van der Waals surface area contributed by atoms with E-state index in [1.807, 2.05) is 31.2 Å². The number of thioether (sulfide) groups is 1. The first-order valence-electron chi connectivity index (χ1n) is 8.45. The molecule has 0 spiro atoms. The number of carbonyl (C=O) groups is 2. The Labute approximate surface area is 171 Å². The van der Waals surface area contributed by atoms with Crippen molar-refractivity contribution in [1.82, 2.24) is 16.0 Å². The van der Waals surface area contributed by atoms with Crippen LogP contribution in [0.25, 0.3) is 11.3 Å². The summed E-state index contributed by atoms with van der Waals surface area (Å²) in [6.45, 7) is 3.62. The van der Waals surface area contributed by atoms with Crippen molar-refractivity contribution in [2.24, 2.45) is 0 Å². The van der Waals surface area contributed by atoms with Gasteiger partial charge in [-0.3, -0.25) is 20.4 Å². The largest absolute Gasteiger partial charge is 0.360 e. The predicted molar refractivity (Wildman–Crippen MR) is 109 cm³/mol. The van der Waals surface area contributed by atoms with Gasteiger partial charge in [-0.25, -0.2) is 0 Å². The fraction of sp³-hybridized carbons (Fsp3) is 0.150. The summed E-state index contributed by atoms with van der Waals surface area (Å²) >= 11 is 7.58. The van der Waals surface area contributed by atoms with E-state index < -0.39 is 5.91 Å². The maximum Gasteiger partial charge on any atom is 0.275 e. The summed E-state index contributed by atoms with van der Waals surface area (Å²) in [6.07, 6.45) is 0. The van der Waals surface area contributed by atoms with Crippen molar-refractivity contribution in [2.45, 2.75) is 18.7 Å². The molecule has 2 N–H and O–H groups in total. The molecule has 0 aliphatic carbocycles. The Morgan fingerprint density at radius 1 is 1.07 bits per heavy atom. The number of hydrazine groups is 1. The Balaban J connectivity index is 1.62. The van der Waals surface area contributed by atoms with E-state index >= 15 is 0 Å². The summed E-state index contributed by atoms with van der Waals surface area (Å²) in [5, 5.41) is 4.39. The van der Waals surface area contributed by atoms with E-state index in [-0.39, 0.29) is 17.2 Å². The van der Waals surface area contributed by atoms with E-state index in [4.69, 9.17) is 16.1 Å². The highest BCUT2D eigenvalue weighted by molar-refractivity contribution is 8.00. The van der Waals surface area contributed by atoms with Crippen LogP contribution >= 0.6 is 23.4 Å². The lowest BCUT2D eigenvalue weighted by Gasteiger charge is -2.08. The van der Waals surface area contributed by atoms with E-state index in [1.165, 1.54) is 11.8 Å². The molecule has 0 bridgehead atoms. The van der Waals surface area contributed by atoms with Crippen molar-refractivity contribution in [3.8, 4) is 11.3 Å². The SMILES string of the molecule is Cc1ccc(SCC(=O)NNC(=O)c2c(-c3ccccc3Cl)noc2C)cc1. The molecule has 1 heterocycles. The lowest BCUT2D eigenvalue weighted by Crippen LogP contribution is -2.42. The van der Waals surface area contributed by atoms with Crippen LogP contribution < -0.4 is 10.9 Å². The highest BCUT2D eigenvalue weighted by atomic mass is 35.5. The average molecular weight is 416 g/mol. The third-order valence-electron chi connectivity index (χ3n) is 3.93. The molecule has 2 aromatic carbocycles. The van der Waals surface area contributed by atoms with Crippen molar-refractivity contribution in [3.05, 3.63) is 70.4 Å². The number of halogens is 1. The molecule has 8 heteroatoms. The van der Waals surface area contributed by atoms with E-state index in [2.05, 4.69) is 16.0 Å². The highest BCUT2D eigenvalue weighted by Crippen LogP contribution is 2.30. The van der Waals surface area contributed by atoms with Crippen LogP contribution in [0.15, 0.2) is 57.9 Å². The zero-order valence-corrected chi connectivity index (χ0v) is 16.9. The molecule has 3 aromatic rings. The molecule has 28 heavy (non-hydrogen) atoms. The Bertz CT molecular complexity index is 1000. The molecule has 144 valence electrons. The minimum atomic E-state index is -0.526. The van der Waals surface area contributed by atoms with Crippen LogP contribution in [0, 0.1) is 13.8 Å². The van der Waals surface area contributed by atoms with Crippen LogP contribution in [-0.4, -0.2) is 22.7 Å². The zero-order chi connectivity index (χ0) is 20.1. The number of nitrogens with zero attached hydrogens (tertiary/aromatic N) is 1. The van der Waals surface area contributed by atoms with Gasteiger partial charge in [0.25, 0.3) is 5.91 Å². The van der Waals surface area contributed by atoms with Crippen LogP contribution in [-0.2, 0) is 4.79 Å². The molecule has 0 radical (unpaired) electrons. The van der Waals surface area contributed by atoms with Gasteiger partial charge in [0.2, 0.25) is 5.91 Å². The molecule has 1 aromatic heterocycles. The molecule has 0 aliphatic heterocycles. The standard InChI is InChI=1S/C20H18ClN3O3S/c1-12-7-9-14(10-8-12)28-11-17(25)22-23-20(26)18-13(2)27-24-19(18)15-5-3-4-6-16(15)21/h3-10H,11H2,1-2H3,(H,22,25)(H,23,26). The summed E-state index contributed by atoms with van der Waals surface area (Å²) in [6, 6.07) is 14.9. The van der Waals surface area contributed by atoms with Crippen LogP contribution in [0.3, 0.4) is 0 Å². The number of carbonyl (C=O) groups excluding carboxylic acids is 2. The molecule has 0 saturated heterocycles. The lowest BCUT2D eigenvalue weighted by molar-refractivity contribution is -0.119. The number of aryl methyl sites for hydroxylation is 2. The second kappa shape index (κ2) is 8.95. The fourth-order valence-corrected chi connectivity index (χ4v) is 3.41. The Kier molecular flexibility index (Phi) is 6.38. The average Bonchev–Trinajstić information content (AvgIpc) is 3.07. The van der Waals surface area contributed by atoms with E-state index in [1.54, 1.807) is 31.2 Å². The van der Waals surface area contributed by atoms with Gasteiger partial charge in [0.1, 0.15) is 17.0 Å². The monoisotopic (exact) mass is 415 g/mol. The molecule has 0 fully saturated rings. The Morgan fingerprint density at radius 3 is 2.50 bits per heavy atom. The molecule has 3 rings (SSSR count). The van der Waals surface area contributed by atoms with Crippen molar-refractivity contribution in [1.29, 1.82) is 0 Å². The van der Waals surface area contributed by atoms with Crippen LogP contribution in [0.2, 0.25) is 5.02 Å². The van der Waals surface area contributed by atoms with Gasteiger partial charge in [0.05, 0.1) is 10.8 Å². The van der Waals surface area contributed by atoms with Gasteiger partial charge in [-0.15, -0.1) is 11.8 Å². The minimum absolute atomic E-state index is 0.170. The number of aromatic nitrogens is 1. The summed E-state index contributed by atoms with van der Waals surface area (Å²) in [5.41, 5.74) is 7.09. The Hall–Kier alpha value is -2.77. The summed E-state index contributed by atoms with van der Waals surface area (Å²) in [4.78, 5) is 25.6. The third-order valence-corrected chi connectivity index (χ3v) is 5.27. The number of benzene rings is 2. The van der Waals surface area contributed by atoms with Crippen molar-refractivity contribution < 1.29 is 14.1 Å². The second-order valence-corrected chi connectivity index (χ2v) is 7.50. The smallest absolute Gasteiger partial charge is 0.275 e. The summed E-state index contributed by atoms with van der Waals surface area (Å²) in [7, 11) is 0. The van der Waals surface area contributed by atoms with Gasteiger partial charge in [0.15, 0.2) is 0 Å². The number of nitrogens with one attached hydrogen (secondary N) is 2. The van der Waals surface area contributed by atoms with E-state index in [9.17, 15) is 9.59 Å². The molecule has 0 aliphatic rings. The number of hydrogen-bond acceptors (Lipinski definition) is 5. The lowest BCUT2D eigenvalue weighted by atomic mass is 10.1. The molecule has 0 unspecified atom stereocenters. The first kappa shape index (κ1) is 20.0. The molecule has 0 atom stereocenters. The molecule has 2 amide bonds. The zero-order valence-electron chi connectivity index (χ0n) is 15.3. The second-order valence-electron chi connectivity index (χ2n) is 6.05. The van der Waals surface area contributed by atoms with Crippen LogP contribution in [0.1, 0.15) is 21.7 Å². The Morgan fingerprint density at radius 2 is 1.79 bits per heavy atom. The maximum absolute atomic E-state index is 12.6. The third kappa shape index (κ3) is 4.74. The number of amides is 2. The van der Waals surface area contributed by atoms with E-state index in [0.29, 0.717) is 22.0 Å². The van der Waals surface area contributed by atoms with Crippen molar-refractivity contribution in [3.63, 3.8) is 0 Å². The van der Waals surface area contributed by atoms with Gasteiger partial charge in [-0.2, -0.15) is 0 Å². The molecular weight excluding hydrogens is 398 g/mol. The number of rotatable bonds is 5. The van der Waals surface area contributed by atoms with Gasteiger partial charge in [0, 0.05) is 10.5 Å². The minimum Gasteiger partial charge on any atom is -0.360 e. The predicted octanol–water partition coefficient (Wildman–Crippen LogP) is 4.17. The first-order valence-corrected chi connectivity index (χ1v) is 9.82. The number of hydrogen-bond donors (Lipinski definition) is 2. The normalized spacial score (nSPS) is 10.5. The van der Waals surface area contributed by atoms with Gasteiger partial charge >= 0.3 is 0 Å². The van der Waals surface area contributed by atoms with Gasteiger partial charge < -0.3 is 4.52 Å². The molecule has 6 nitrogen and oxygen atoms in total. The van der Waals surface area contributed by atoms with Crippen LogP contribution in [0.4, 0.5) is 0 Å². The first-order chi connectivity index (χ1) is 13.5. The highest BCUT2D eigenvalue weighted by Gasteiger charge is 2.23. The van der Waals surface area contributed by atoms with Gasteiger partial charge in [-0.05, 0) is 32.0 Å². The quantitative estimate of drug-likeness (QED) is 0.482. The molecule has 0 saturated carbocycles. The van der Waals surface area contributed by atoms with Crippen LogP contribution in [0.5, 0.6) is 0 Å². The van der Waals surface area contributed by atoms with Gasteiger partial charge in [-0.1, -0.05) is 52.7 Å². The topological polar surface area (TPSA) is 84.2 Å². The molecular formula is C20H18ClN3O3S. The summed E-state index contributed by atoms with van der Waals surface area (Å²) in [5.74, 6) is -0.353. The van der Waals surface area contributed by atoms with Crippen molar-refractivity contribution in [2.75, 3.05) is 5.75 Å². The fourth-order valence-electron chi connectivity index (χ4n) is 2.49. The van der Waals surface area contributed by atoms with Crippen molar-refractivity contribution >= 4 is 35.2 Å².